The number of piperidine rings is 1. The van der Waals surface area contributed by atoms with E-state index in [0.717, 1.165) is 66.5 Å². The normalized spacial score (nSPS) is 14.4. The van der Waals surface area contributed by atoms with Gasteiger partial charge in [-0.2, -0.15) is 13.2 Å². The summed E-state index contributed by atoms with van der Waals surface area (Å²) in [7, 11) is 0. The predicted octanol–water partition coefficient (Wildman–Crippen LogP) is 6.85. The first kappa shape index (κ1) is 33.3. The molecule has 0 aliphatic carbocycles. The number of hydrogen-bond acceptors (Lipinski definition) is 7. The van der Waals surface area contributed by atoms with Gasteiger partial charge in [-0.3, -0.25) is 4.79 Å². The number of hydrogen-bond donors (Lipinski definition) is 2. The Morgan fingerprint density at radius 2 is 1.76 bits per heavy atom. The molecule has 1 aliphatic heterocycles. The molecule has 2 aromatic carbocycles. The summed E-state index contributed by atoms with van der Waals surface area (Å²) < 4.78 is 37.5. The minimum Gasteiger partial charge on any atom is -0.489 e. The Balaban J connectivity index is 0.000000616. The van der Waals surface area contributed by atoms with Crippen molar-refractivity contribution in [3.8, 4) is 26.9 Å². The Kier molecular flexibility index (Phi) is 11.7. The molecule has 2 heterocycles. The first-order chi connectivity index (χ1) is 19.8. The van der Waals surface area contributed by atoms with Crippen LogP contribution in [0.3, 0.4) is 0 Å². The molecule has 1 aliphatic rings. The summed E-state index contributed by atoms with van der Waals surface area (Å²) in [5, 5.41) is 27.6. The molecule has 0 saturated carbocycles. The summed E-state index contributed by atoms with van der Waals surface area (Å²) in [6.07, 6.45) is -1.71. The van der Waals surface area contributed by atoms with Crippen molar-refractivity contribution in [3.05, 3.63) is 52.5 Å². The number of benzene rings is 2. The summed E-state index contributed by atoms with van der Waals surface area (Å²) in [5.41, 5.74) is 4.67. The molecule has 42 heavy (non-hydrogen) atoms. The lowest BCUT2D eigenvalue weighted by molar-refractivity contribution is -0.192. The quantitative estimate of drug-likeness (QED) is 0.265. The van der Waals surface area contributed by atoms with Crippen molar-refractivity contribution in [2.24, 2.45) is 5.92 Å². The van der Waals surface area contributed by atoms with Gasteiger partial charge >= 0.3 is 18.1 Å². The van der Waals surface area contributed by atoms with Gasteiger partial charge in [0.25, 0.3) is 0 Å². The Morgan fingerprint density at radius 1 is 1.12 bits per heavy atom. The number of carboxylic acid groups (broad SMARTS) is 2. The van der Waals surface area contributed by atoms with Crippen LogP contribution in [0, 0.1) is 5.92 Å². The van der Waals surface area contributed by atoms with E-state index < -0.39 is 18.1 Å². The number of nitrogens with zero attached hydrogens (tertiary/aromatic N) is 3. The zero-order chi connectivity index (χ0) is 31.0. The van der Waals surface area contributed by atoms with Gasteiger partial charge < -0.3 is 19.8 Å². The van der Waals surface area contributed by atoms with Crippen LogP contribution < -0.4 is 4.74 Å². The van der Waals surface area contributed by atoms with Crippen LogP contribution in [0.2, 0.25) is 5.02 Å². The first-order valence-electron chi connectivity index (χ1n) is 13.5. The number of carboxylic acids is 2. The van der Waals surface area contributed by atoms with Gasteiger partial charge in [-0.05, 0) is 81.9 Å². The monoisotopic (exact) mass is 627 g/mol. The van der Waals surface area contributed by atoms with Gasteiger partial charge in [0.2, 0.25) is 0 Å². The molecule has 0 bridgehead atoms. The molecule has 1 saturated heterocycles. The molecule has 1 aromatic heterocycles. The fraction of sp³-hybridized carbons (Fsp3) is 0.448. The first-order valence-corrected chi connectivity index (χ1v) is 14.7. The van der Waals surface area contributed by atoms with Gasteiger partial charge in [-0.25, -0.2) is 4.79 Å². The zero-order valence-corrected chi connectivity index (χ0v) is 25.0. The summed E-state index contributed by atoms with van der Waals surface area (Å²) in [5.74, 6) is -2.94. The van der Waals surface area contributed by atoms with Gasteiger partial charge in [0, 0.05) is 17.7 Å². The third-order valence-electron chi connectivity index (χ3n) is 6.70. The average molecular weight is 628 g/mol. The summed E-state index contributed by atoms with van der Waals surface area (Å²) in [6, 6.07) is 12.2. The van der Waals surface area contributed by atoms with Crippen LogP contribution in [0.1, 0.15) is 44.7 Å². The number of rotatable bonds is 9. The molecule has 3 aromatic rings. The third kappa shape index (κ3) is 9.14. The smallest absolute Gasteiger partial charge is 0.489 e. The lowest BCUT2D eigenvalue weighted by Gasteiger charge is -2.30. The Labute approximate surface area is 251 Å². The Hall–Kier alpha value is -3.22. The van der Waals surface area contributed by atoms with Crippen LogP contribution in [-0.2, 0) is 22.4 Å². The molecule has 2 N–H and O–H groups in total. The van der Waals surface area contributed by atoms with Gasteiger partial charge in [0.1, 0.15) is 15.8 Å². The molecular weight excluding hydrogens is 595 g/mol. The molecule has 0 amide bonds. The highest BCUT2D eigenvalue weighted by molar-refractivity contribution is 7.17. The van der Waals surface area contributed by atoms with Crippen LogP contribution >= 0.6 is 22.9 Å². The molecule has 0 atom stereocenters. The van der Waals surface area contributed by atoms with E-state index in [2.05, 4.69) is 40.2 Å². The lowest BCUT2D eigenvalue weighted by Crippen LogP contribution is -2.37. The second-order valence-electron chi connectivity index (χ2n) is 10.0. The van der Waals surface area contributed by atoms with Crippen molar-refractivity contribution < 1.29 is 37.7 Å². The molecular formula is C29H33ClF3N3O5S. The van der Waals surface area contributed by atoms with Gasteiger partial charge in [0.15, 0.2) is 0 Å². The molecule has 0 spiro atoms. The maximum atomic E-state index is 11.2. The van der Waals surface area contributed by atoms with Crippen LogP contribution in [-0.4, -0.2) is 69.2 Å². The van der Waals surface area contributed by atoms with E-state index in [1.807, 2.05) is 32.0 Å². The minimum absolute atomic E-state index is 0.0581. The molecule has 0 unspecified atom stereocenters. The van der Waals surface area contributed by atoms with Gasteiger partial charge in [0.05, 0.1) is 17.0 Å². The highest BCUT2D eigenvalue weighted by Crippen LogP contribution is 2.36. The van der Waals surface area contributed by atoms with E-state index >= 15 is 0 Å². The van der Waals surface area contributed by atoms with Crippen molar-refractivity contribution in [1.82, 2.24) is 15.1 Å². The van der Waals surface area contributed by atoms with Gasteiger partial charge in [-0.1, -0.05) is 48.1 Å². The SMILES string of the molecule is CCc1c(CCN2CCC(C(=O)O)CC2)cccc1-c1nnc(-c2ccc(OC(C)C)c(Cl)c2)s1.O=C(O)C(F)(F)F. The fourth-order valence-corrected chi connectivity index (χ4v) is 5.72. The maximum absolute atomic E-state index is 11.2. The second-order valence-corrected chi connectivity index (χ2v) is 11.4. The van der Waals surface area contributed by atoms with Crippen LogP contribution in [0.25, 0.3) is 21.1 Å². The van der Waals surface area contributed by atoms with Crippen molar-refractivity contribution in [3.63, 3.8) is 0 Å². The van der Waals surface area contributed by atoms with E-state index in [0.29, 0.717) is 10.8 Å². The number of halogens is 4. The van der Waals surface area contributed by atoms with Crippen molar-refractivity contribution in [2.75, 3.05) is 19.6 Å². The molecule has 4 rings (SSSR count). The number of likely N-dealkylation sites (tertiary alicyclic amines) is 1. The number of aromatic nitrogens is 2. The molecule has 13 heteroatoms. The third-order valence-corrected chi connectivity index (χ3v) is 8.00. The van der Waals surface area contributed by atoms with Crippen molar-refractivity contribution >= 4 is 34.9 Å². The molecule has 228 valence electrons. The highest BCUT2D eigenvalue weighted by Gasteiger charge is 2.38. The summed E-state index contributed by atoms with van der Waals surface area (Å²) in [6.45, 7) is 8.76. The van der Waals surface area contributed by atoms with E-state index in [9.17, 15) is 23.1 Å². The predicted molar refractivity (Wildman–Crippen MR) is 155 cm³/mol. The Bertz CT molecular complexity index is 1370. The minimum atomic E-state index is -5.08. The summed E-state index contributed by atoms with van der Waals surface area (Å²) >= 11 is 8.00. The number of carbonyl (C=O) groups is 2. The number of aliphatic carboxylic acids is 2. The van der Waals surface area contributed by atoms with E-state index in [-0.39, 0.29) is 12.0 Å². The van der Waals surface area contributed by atoms with Crippen LogP contribution in [0.4, 0.5) is 13.2 Å². The maximum Gasteiger partial charge on any atom is 0.490 e. The second kappa shape index (κ2) is 14.8. The largest absolute Gasteiger partial charge is 0.490 e. The van der Waals surface area contributed by atoms with E-state index in [4.69, 9.17) is 26.2 Å². The molecule has 8 nitrogen and oxygen atoms in total. The Morgan fingerprint density at radius 3 is 2.31 bits per heavy atom. The zero-order valence-electron chi connectivity index (χ0n) is 23.4. The standard InChI is InChI=1S/C27H32ClN3O3S.C2HF3O2/c1-4-21-18(10-13-31-14-11-19(12-15-31)27(32)33)6-5-7-22(21)26-30-29-25(35-26)20-8-9-24(23(28)16-20)34-17(2)3;3-2(4,5)1(6)7/h5-9,16-17,19H,4,10-15H2,1-3H3,(H,32,33);(H,6,7). The lowest BCUT2D eigenvalue weighted by atomic mass is 9.95. The van der Waals surface area contributed by atoms with E-state index in [1.54, 1.807) is 11.3 Å². The topological polar surface area (TPSA) is 113 Å². The van der Waals surface area contributed by atoms with Gasteiger partial charge in [-0.15, -0.1) is 10.2 Å². The number of ether oxygens (including phenoxy) is 1. The van der Waals surface area contributed by atoms with Crippen LogP contribution in [0.15, 0.2) is 36.4 Å². The highest BCUT2D eigenvalue weighted by atomic mass is 35.5. The van der Waals surface area contributed by atoms with E-state index in [1.165, 1.54) is 11.1 Å². The molecule has 0 radical (unpaired) electrons. The van der Waals surface area contributed by atoms with Crippen molar-refractivity contribution in [1.29, 1.82) is 0 Å². The fourth-order valence-electron chi connectivity index (χ4n) is 4.60. The van der Waals surface area contributed by atoms with Crippen LogP contribution in [0.5, 0.6) is 5.75 Å². The summed E-state index contributed by atoms with van der Waals surface area (Å²) in [4.78, 5) is 22.5. The number of alkyl halides is 3. The molecule has 1 fully saturated rings. The van der Waals surface area contributed by atoms with Crippen molar-refractivity contribution in [2.45, 2.75) is 58.7 Å². The average Bonchev–Trinajstić information content (AvgIpc) is 3.43.